The lowest BCUT2D eigenvalue weighted by atomic mass is 10.2. The van der Waals surface area contributed by atoms with Gasteiger partial charge in [-0.3, -0.25) is 9.59 Å². The first-order valence-electron chi connectivity index (χ1n) is 6.95. The van der Waals surface area contributed by atoms with E-state index in [0.717, 1.165) is 10.4 Å². The van der Waals surface area contributed by atoms with Crippen molar-refractivity contribution in [2.24, 2.45) is 5.10 Å². The first-order chi connectivity index (χ1) is 11.5. The summed E-state index contributed by atoms with van der Waals surface area (Å²) in [6, 6.07) is 6.81. The topological polar surface area (TPSA) is 89.0 Å². The van der Waals surface area contributed by atoms with Crippen molar-refractivity contribution in [3.8, 4) is 11.5 Å². The molecule has 8 heteroatoms. The standard InChI is InChI=1S/C16H17N3O4S/c1-10-6-7-24-14(10)9-17-19-16(21)15(20)18-12-8-11(22-2)4-5-13(12)23-3/h4-9H,1-3H3,(H,18,20)(H,19,21)/b17-9-. The zero-order valence-electron chi connectivity index (χ0n) is 13.5. The number of hydrazone groups is 1. The van der Waals surface area contributed by atoms with Crippen LogP contribution < -0.4 is 20.2 Å². The molecule has 0 aliphatic heterocycles. The van der Waals surface area contributed by atoms with E-state index in [9.17, 15) is 9.59 Å². The molecule has 24 heavy (non-hydrogen) atoms. The molecule has 0 fully saturated rings. The van der Waals surface area contributed by atoms with Gasteiger partial charge in [-0.2, -0.15) is 5.10 Å². The van der Waals surface area contributed by atoms with E-state index in [1.807, 2.05) is 18.4 Å². The Balaban J connectivity index is 2.00. The lowest BCUT2D eigenvalue weighted by Crippen LogP contribution is -2.32. The number of benzene rings is 1. The Morgan fingerprint density at radius 2 is 1.96 bits per heavy atom. The molecule has 7 nitrogen and oxygen atoms in total. The summed E-state index contributed by atoms with van der Waals surface area (Å²) in [7, 11) is 2.96. The number of nitrogens with zero attached hydrogens (tertiary/aromatic N) is 1. The maximum atomic E-state index is 11.9. The van der Waals surface area contributed by atoms with Gasteiger partial charge in [0, 0.05) is 10.9 Å². The molecule has 1 heterocycles. The van der Waals surface area contributed by atoms with Crippen LogP contribution in [0.4, 0.5) is 5.69 Å². The van der Waals surface area contributed by atoms with E-state index in [-0.39, 0.29) is 0 Å². The smallest absolute Gasteiger partial charge is 0.329 e. The predicted octanol–water partition coefficient (Wildman–Crippen LogP) is 2.16. The van der Waals surface area contributed by atoms with E-state index in [4.69, 9.17) is 9.47 Å². The molecular formula is C16H17N3O4S. The second kappa shape index (κ2) is 8.11. The van der Waals surface area contributed by atoms with Gasteiger partial charge in [0.25, 0.3) is 0 Å². The molecule has 126 valence electrons. The van der Waals surface area contributed by atoms with Crippen molar-refractivity contribution >= 4 is 35.1 Å². The van der Waals surface area contributed by atoms with E-state index in [1.165, 1.54) is 31.8 Å². The Labute approximate surface area is 143 Å². The quantitative estimate of drug-likeness (QED) is 0.493. The summed E-state index contributed by atoms with van der Waals surface area (Å²) in [4.78, 5) is 24.7. The molecule has 1 aromatic heterocycles. The van der Waals surface area contributed by atoms with Crippen LogP contribution in [0.1, 0.15) is 10.4 Å². The van der Waals surface area contributed by atoms with Crippen LogP contribution >= 0.6 is 11.3 Å². The number of hydrogen-bond donors (Lipinski definition) is 2. The van der Waals surface area contributed by atoms with Crippen LogP contribution in [0.25, 0.3) is 0 Å². The van der Waals surface area contributed by atoms with E-state index in [2.05, 4.69) is 15.8 Å². The maximum Gasteiger partial charge on any atom is 0.329 e. The minimum absolute atomic E-state index is 0.329. The molecule has 0 bridgehead atoms. The largest absolute Gasteiger partial charge is 0.497 e. The zero-order chi connectivity index (χ0) is 17.5. The van der Waals surface area contributed by atoms with Crippen LogP contribution in [-0.4, -0.2) is 32.2 Å². The summed E-state index contributed by atoms with van der Waals surface area (Å²) in [6.07, 6.45) is 1.50. The molecule has 2 aromatic rings. The number of carbonyl (C=O) groups excluding carboxylic acids is 2. The van der Waals surface area contributed by atoms with Gasteiger partial charge in [-0.1, -0.05) is 0 Å². The third kappa shape index (κ3) is 4.32. The number of nitrogens with one attached hydrogen (secondary N) is 2. The minimum Gasteiger partial charge on any atom is -0.497 e. The molecule has 0 spiro atoms. The average molecular weight is 347 g/mol. The highest BCUT2D eigenvalue weighted by molar-refractivity contribution is 7.11. The maximum absolute atomic E-state index is 11.9. The van der Waals surface area contributed by atoms with Crippen molar-refractivity contribution in [1.82, 2.24) is 5.43 Å². The van der Waals surface area contributed by atoms with E-state index >= 15 is 0 Å². The Morgan fingerprint density at radius 1 is 1.17 bits per heavy atom. The lowest BCUT2D eigenvalue weighted by molar-refractivity contribution is -0.136. The number of aryl methyl sites for hydroxylation is 1. The fourth-order valence-corrected chi connectivity index (χ4v) is 2.59. The molecule has 2 N–H and O–H groups in total. The van der Waals surface area contributed by atoms with Crippen molar-refractivity contribution in [2.75, 3.05) is 19.5 Å². The summed E-state index contributed by atoms with van der Waals surface area (Å²) in [5.74, 6) is -0.806. The summed E-state index contributed by atoms with van der Waals surface area (Å²) < 4.78 is 10.2. The molecule has 0 aliphatic rings. The van der Waals surface area contributed by atoms with Gasteiger partial charge in [0.05, 0.1) is 26.1 Å². The number of hydrogen-bond acceptors (Lipinski definition) is 6. The number of rotatable bonds is 5. The number of thiophene rings is 1. The fourth-order valence-electron chi connectivity index (χ4n) is 1.81. The van der Waals surface area contributed by atoms with Gasteiger partial charge in [0.1, 0.15) is 11.5 Å². The first kappa shape index (κ1) is 17.5. The number of methoxy groups -OCH3 is 2. The van der Waals surface area contributed by atoms with Crippen LogP contribution in [0, 0.1) is 6.92 Å². The van der Waals surface area contributed by atoms with Gasteiger partial charge in [0.15, 0.2) is 0 Å². The van der Waals surface area contributed by atoms with E-state index in [0.29, 0.717) is 17.2 Å². The van der Waals surface area contributed by atoms with E-state index < -0.39 is 11.8 Å². The SMILES string of the molecule is COc1ccc(OC)c(NC(=O)C(=O)N/N=C\c2sccc2C)c1. The Morgan fingerprint density at radius 3 is 2.58 bits per heavy atom. The molecule has 0 aliphatic carbocycles. The van der Waals surface area contributed by atoms with Crippen molar-refractivity contribution < 1.29 is 19.1 Å². The molecular weight excluding hydrogens is 330 g/mol. The van der Waals surface area contributed by atoms with E-state index in [1.54, 1.807) is 18.2 Å². The summed E-state index contributed by atoms with van der Waals surface area (Å²) in [6.45, 7) is 1.93. The molecule has 0 saturated heterocycles. The highest BCUT2D eigenvalue weighted by atomic mass is 32.1. The van der Waals surface area contributed by atoms with Crippen LogP contribution in [0.15, 0.2) is 34.7 Å². The number of carbonyl (C=O) groups is 2. The zero-order valence-corrected chi connectivity index (χ0v) is 14.3. The predicted molar refractivity (Wildman–Crippen MR) is 93.0 cm³/mol. The van der Waals surface area contributed by atoms with Gasteiger partial charge in [0.2, 0.25) is 0 Å². The van der Waals surface area contributed by atoms with Crippen LogP contribution in [0.3, 0.4) is 0 Å². The third-order valence-corrected chi connectivity index (χ3v) is 4.06. The molecule has 2 rings (SSSR count). The highest BCUT2D eigenvalue weighted by Crippen LogP contribution is 2.28. The Hall–Kier alpha value is -2.87. The van der Waals surface area contributed by atoms with Crippen molar-refractivity contribution in [1.29, 1.82) is 0 Å². The molecule has 1 aromatic carbocycles. The van der Waals surface area contributed by atoms with Gasteiger partial charge >= 0.3 is 11.8 Å². The van der Waals surface area contributed by atoms with Crippen LogP contribution in [0.2, 0.25) is 0 Å². The van der Waals surface area contributed by atoms with Crippen LogP contribution in [-0.2, 0) is 9.59 Å². The first-order valence-corrected chi connectivity index (χ1v) is 7.83. The number of amides is 2. The summed E-state index contributed by atoms with van der Waals surface area (Å²) in [5, 5.41) is 8.16. The fraction of sp³-hybridized carbons (Fsp3) is 0.188. The van der Waals surface area contributed by atoms with Crippen LogP contribution in [0.5, 0.6) is 11.5 Å². The Bertz CT molecular complexity index is 770. The van der Waals surface area contributed by atoms with Gasteiger partial charge < -0.3 is 14.8 Å². The second-order valence-electron chi connectivity index (χ2n) is 4.69. The second-order valence-corrected chi connectivity index (χ2v) is 5.64. The summed E-state index contributed by atoms with van der Waals surface area (Å²) >= 11 is 1.49. The van der Waals surface area contributed by atoms with Crippen molar-refractivity contribution in [2.45, 2.75) is 6.92 Å². The van der Waals surface area contributed by atoms with Crippen molar-refractivity contribution in [3.05, 3.63) is 40.1 Å². The average Bonchev–Trinajstić information content (AvgIpc) is 2.99. The molecule has 0 atom stereocenters. The lowest BCUT2D eigenvalue weighted by Gasteiger charge is -2.11. The molecule has 0 unspecified atom stereocenters. The third-order valence-electron chi connectivity index (χ3n) is 3.11. The normalized spacial score (nSPS) is 10.5. The van der Waals surface area contributed by atoms with Gasteiger partial charge in [-0.25, -0.2) is 5.43 Å². The summed E-state index contributed by atoms with van der Waals surface area (Å²) in [5.41, 5.74) is 3.56. The molecule has 0 radical (unpaired) electrons. The van der Waals surface area contributed by atoms with Crippen molar-refractivity contribution in [3.63, 3.8) is 0 Å². The Kier molecular flexibility index (Phi) is 5.91. The minimum atomic E-state index is -0.884. The highest BCUT2D eigenvalue weighted by Gasteiger charge is 2.16. The number of anilines is 1. The van der Waals surface area contributed by atoms with Gasteiger partial charge in [-0.15, -0.1) is 11.3 Å². The molecule has 0 saturated carbocycles. The van der Waals surface area contributed by atoms with Gasteiger partial charge in [-0.05, 0) is 36.1 Å². The number of ether oxygens (including phenoxy) is 2. The molecule has 2 amide bonds. The monoisotopic (exact) mass is 347 g/mol.